The number of nitrogens with zero attached hydrogens (tertiary/aromatic N) is 5. The summed E-state index contributed by atoms with van der Waals surface area (Å²) in [5, 5.41) is 7.34. The van der Waals surface area contributed by atoms with E-state index in [-0.39, 0.29) is 18.1 Å². The monoisotopic (exact) mass is 347 g/mol. The van der Waals surface area contributed by atoms with Gasteiger partial charge in [-0.15, -0.1) is 11.3 Å². The van der Waals surface area contributed by atoms with Crippen LogP contribution < -0.4 is 4.90 Å². The molecule has 0 aromatic carbocycles. The summed E-state index contributed by atoms with van der Waals surface area (Å²) < 4.78 is 7.59. The third-order valence-corrected chi connectivity index (χ3v) is 5.52. The number of anilines is 1. The standard InChI is InChI=1S/C16H21N5O2S/c1-19-7-4-14(18-19)21-6-2-3-12(16(21)22)20-8-9-23-13(11-20)15-17-5-10-24-15/h4-5,7,10,12-13H,2-3,6,8-9,11H2,1H3/t12-,13-/m1/s1. The lowest BCUT2D eigenvalue weighted by atomic mass is 10.0. The molecule has 2 aromatic rings. The van der Waals surface area contributed by atoms with Crippen LogP contribution in [0.25, 0.3) is 0 Å². The third-order valence-electron chi connectivity index (χ3n) is 4.65. The van der Waals surface area contributed by atoms with Crippen LogP contribution in [0.5, 0.6) is 0 Å². The quantitative estimate of drug-likeness (QED) is 0.841. The van der Waals surface area contributed by atoms with Gasteiger partial charge in [0.2, 0.25) is 5.91 Å². The van der Waals surface area contributed by atoms with Crippen LogP contribution in [0, 0.1) is 0 Å². The summed E-state index contributed by atoms with van der Waals surface area (Å²) in [6, 6.07) is 1.81. The second-order valence-electron chi connectivity index (χ2n) is 6.22. The van der Waals surface area contributed by atoms with Gasteiger partial charge >= 0.3 is 0 Å². The van der Waals surface area contributed by atoms with E-state index >= 15 is 0 Å². The van der Waals surface area contributed by atoms with E-state index in [1.807, 2.05) is 29.6 Å². The number of rotatable bonds is 3. The lowest BCUT2D eigenvalue weighted by Crippen LogP contribution is -2.55. The van der Waals surface area contributed by atoms with Crippen LogP contribution in [-0.4, -0.2) is 57.9 Å². The number of morpholine rings is 1. The van der Waals surface area contributed by atoms with Crippen molar-refractivity contribution in [2.75, 3.05) is 31.1 Å². The Morgan fingerprint density at radius 3 is 3.04 bits per heavy atom. The highest BCUT2D eigenvalue weighted by Gasteiger charge is 2.37. The average molecular weight is 347 g/mol. The van der Waals surface area contributed by atoms with Crippen molar-refractivity contribution in [3.8, 4) is 0 Å². The molecule has 0 bridgehead atoms. The minimum absolute atomic E-state index is 0.0308. The Morgan fingerprint density at radius 1 is 1.38 bits per heavy atom. The fourth-order valence-corrected chi connectivity index (χ4v) is 4.14. The van der Waals surface area contributed by atoms with E-state index in [1.165, 1.54) is 0 Å². The van der Waals surface area contributed by atoms with E-state index in [0.29, 0.717) is 6.61 Å². The first-order valence-electron chi connectivity index (χ1n) is 8.28. The maximum atomic E-state index is 13.0. The predicted octanol–water partition coefficient (Wildman–Crippen LogP) is 1.45. The smallest absolute Gasteiger partial charge is 0.245 e. The molecule has 0 saturated carbocycles. The zero-order valence-electron chi connectivity index (χ0n) is 13.7. The van der Waals surface area contributed by atoms with Gasteiger partial charge in [0.1, 0.15) is 11.1 Å². The number of carbonyl (C=O) groups excluding carboxylic acids is 1. The molecule has 128 valence electrons. The lowest BCUT2D eigenvalue weighted by Gasteiger charge is -2.41. The molecule has 0 spiro atoms. The van der Waals surface area contributed by atoms with E-state index in [1.54, 1.807) is 22.2 Å². The van der Waals surface area contributed by atoms with Crippen molar-refractivity contribution in [2.24, 2.45) is 7.05 Å². The van der Waals surface area contributed by atoms with Crippen LogP contribution in [0.4, 0.5) is 5.82 Å². The summed E-state index contributed by atoms with van der Waals surface area (Å²) in [5.41, 5.74) is 0. The molecular formula is C16H21N5O2S. The van der Waals surface area contributed by atoms with Gasteiger partial charge in [0.15, 0.2) is 5.82 Å². The number of aryl methyl sites for hydroxylation is 1. The van der Waals surface area contributed by atoms with Gasteiger partial charge in [-0.3, -0.25) is 19.3 Å². The molecule has 2 aromatic heterocycles. The molecule has 0 aliphatic carbocycles. The first kappa shape index (κ1) is 15.7. The van der Waals surface area contributed by atoms with E-state index in [2.05, 4.69) is 15.0 Å². The molecule has 0 N–H and O–H groups in total. The number of thiazole rings is 1. The minimum Gasteiger partial charge on any atom is -0.368 e. The number of hydrogen-bond donors (Lipinski definition) is 0. The van der Waals surface area contributed by atoms with Crippen molar-refractivity contribution >= 4 is 23.1 Å². The average Bonchev–Trinajstić information content (AvgIpc) is 3.27. The number of amides is 1. The first-order valence-corrected chi connectivity index (χ1v) is 9.16. The van der Waals surface area contributed by atoms with Gasteiger partial charge in [-0.25, -0.2) is 4.98 Å². The Kier molecular flexibility index (Phi) is 4.34. The van der Waals surface area contributed by atoms with Gasteiger partial charge in [-0.1, -0.05) is 0 Å². The molecule has 8 heteroatoms. The van der Waals surface area contributed by atoms with Crippen LogP contribution in [0.1, 0.15) is 24.0 Å². The fourth-order valence-electron chi connectivity index (χ4n) is 3.46. The van der Waals surface area contributed by atoms with Crippen molar-refractivity contribution in [3.63, 3.8) is 0 Å². The molecule has 24 heavy (non-hydrogen) atoms. The molecular weight excluding hydrogens is 326 g/mol. The molecule has 2 fully saturated rings. The fraction of sp³-hybridized carbons (Fsp3) is 0.562. The first-order chi connectivity index (χ1) is 11.7. The number of ether oxygens (including phenoxy) is 1. The van der Waals surface area contributed by atoms with Gasteiger partial charge < -0.3 is 4.74 Å². The van der Waals surface area contributed by atoms with Gasteiger partial charge in [-0.2, -0.15) is 5.10 Å². The second kappa shape index (κ2) is 6.62. The molecule has 2 aliphatic rings. The van der Waals surface area contributed by atoms with Crippen molar-refractivity contribution < 1.29 is 9.53 Å². The topological polar surface area (TPSA) is 63.5 Å². The van der Waals surface area contributed by atoms with Gasteiger partial charge in [-0.05, 0) is 12.8 Å². The summed E-state index contributed by atoms with van der Waals surface area (Å²) in [4.78, 5) is 21.4. The largest absolute Gasteiger partial charge is 0.368 e. The molecule has 2 saturated heterocycles. The molecule has 4 heterocycles. The summed E-state index contributed by atoms with van der Waals surface area (Å²) in [6.45, 7) is 2.89. The summed E-state index contributed by atoms with van der Waals surface area (Å²) in [5.74, 6) is 0.900. The normalized spacial score (nSPS) is 26.0. The Balaban J connectivity index is 1.49. The summed E-state index contributed by atoms with van der Waals surface area (Å²) >= 11 is 1.61. The number of aromatic nitrogens is 3. The minimum atomic E-state index is -0.0906. The predicted molar refractivity (Wildman–Crippen MR) is 91.0 cm³/mol. The highest BCUT2D eigenvalue weighted by atomic mass is 32.1. The summed E-state index contributed by atoms with van der Waals surface area (Å²) in [7, 11) is 1.87. The highest BCUT2D eigenvalue weighted by molar-refractivity contribution is 7.09. The maximum absolute atomic E-state index is 13.0. The van der Waals surface area contributed by atoms with E-state index < -0.39 is 0 Å². The molecule has 4 rings (SSSR count). The van der Waals surface area contributed by atoms with Crippen LogP contribution in [0.15, 0.2) is 23.8 Å². The van der Waals surface area contributed by atoms with Crippen molar-refractivity contribution in [1.29, 1.82) is 0 Å². The molecule has 1 amide bonds. The van der Waals surface area contributed by atoms with Crippen molar-refractivity contribution in [1.82, 2.24) is 19.7 Å². The van der Waals surface area contributed by atoms with Gasteiger partial charge in [0.25, 0.3) is 0 Å². The Morgan fingerprint density at radius 2 is 2.29 bits per heavy atom. The lowest BCUT2D eigenvalue weighted by molar-refractivity contribution is -0.129. The van der Waals surface area contributed by atoms with E-state index in [0.717, 1.165) is 43.3 Å². The number of carbonyl (C=O) groups is 1. The van der Waals surface area contributed by atoms with Crippen molar-refractivity contribution in [2.45, 2.75) is 25.0 Å². The number of piperidine rings is 1. The van der Waals surface area contributed by atoms with Crippen molar-refractivity contribution in [3.05, 3.63) is 28.8 Å². The zero-order chi connectivity index (χ0) is 16.5. The molecule has 0 radical (unpaired) electrons. The van der Waals surface area contributed by atoms with Gasteiger partial charge in [0, 0.05) is 50.5 Å². The third kappa shape index (κ3) is 2.97. The Hall–Kier alpha value is -1.77. The van der Waals surface area contributed by atoms with Crippen LogP contribution in [-0.2, 0) is 16.6 Å². The Bertz CT molecular complexity index is 701. The van der Waals surface area contributed by atoms with E-state index in [9.17, 15) is 4.79 Å². The van der Waals surface area contributed by atoms with Crippen LogP contribution >= 0.6 is 11.3 Å². The zero-order valence-corrected chi connectivity index (χ0v) is 14.5. The molecule has 2 atom stereocenters. The molecule has 2 aliphatic heterocycles. The van der Waals surface area contributed by atoms with Crippen LogP contribution in [0.3, 0.4) is 0 Å². The van der Waals surface area contributed by atoms with E-state index in [4.69, 9.17) is 4.74 Å². The highest BCUT2D eigenvalue weighted by Crippen LogP contribution is 2.28. The molecule has 0 unspecified atom stereocenters. The number of hydrogen-bond acceptors (Lipinski definition) is 6. The molecule has 7 nitrogen and oxygen atoms in total. The SMILES string of the molecule is Cn1ccc(N2CCC[C@@H](N3CCO[C@@H](c4nccs4)C3)C2=O)n1. The summed E-state index contributed by atoms with van der Waals surface area (Å²) in [6.07, 6.45) is 5.53. The maximum Gasteiger partial charge on any atom is 0.245 e. The van der Waals surface area contributed by atoms with Gasteiger partial charge in [0.05, 0.1) is 12.6 Å². The second-order valence-corrected chi connectivity index (χ2v) is 7.15. The van der Waals surface area contributed by atoms with Crippen LogP contribution in [0.2, 0.25) is 0 Å². The Labute approximate surface area is 144 Å².